The first kappa shape index (κ1) is 23.1. The number of anilines is 1. The molecule has 0 aliphatic heterocycles. The fourth-order valence-corrected chi connectivity index (χ4v) is 4.25. The number of carbonyl (C=O) groups excluding carboxylic acids is 2. The van der Waals surface area contributed by atoms with Crippen LogP contribution in [0.15, 0.2) is 88.8 Å². The molecule has 0 saturated heterocycles. The first-order valence-corrected chi connectivity index (χ1v) is 11.3. The Morgan fingerprint density at radius 2 is 1.65 bits per heavy atom. The lowest BCUT2D eigenvalue weighted by Crippen LogP contribution is -2.39. The molecule has 9 heteroatoms. The molecule has 1 aromatic heterocycles. The molecule has 3 amide bonds. The minimum atomic E-state index is -0.726. The number of nitrogens with zero attached hydrogens (tertiary/aromatic N) is 2. The second-order valence-electron chi connectivity index (χ2n) is 7.29. The quantitative estimate of drug-likeness (QED) is 0.320. The van der Waals surface area contributed by atoms with E-state index in [1.807, 2.05) is 6.07 Å². The molecule has 1 atom stereocenters. The van der Waals surface area contributed by atoms with Crippen LogP contribution >= 0.6 is 11.8 Å². The molecule has 8 nitrogen and oxygen atoms in total. The van der Waals surface area contributed by atoms with Crippen LogP contribution in [0.25, 0.3) is 16.6 Å². The summed E-state index contributed by atoms with van der Waals surface area (Å²) in [6.07, 6.45) is 0. The van der Waals surface area contributed by atoms with Crippen molar-refractivity contribution in [3.8, 4) is 11.4 Å². The topological polar surface area (TPSA) is 102 Å². The van der Waals surface area contributed by atoms with Gasteiger partial charge in [0.1, 0.15) is 5.75 Å². The van der Waals surface area contributed by atoms with Crippen molar-refractivity contribution < 1.29 is 14.3 Å². The monoisotopic (exact) mass is 474 g/mol. The number of carbonyl (C=O) groups is 2. The van der Waals surface area contributed by atoms with Crippen LogP contribution in [0.3, 0.4) is 0 Å². The third-order valence-corrected chi connectivity index (χ3v) is 6.04. The summed E-state index contributed by atoms with van der Waals surface area (Å²) in [5.74, 6) is -0.0321. The third kappa shape index (κ3) is 4.94. The number of benzene rings is 3. The Labute approximate surface area is 200 Å². The molecule has 0 fully saturated rings. The number of amides is 3. The summed E-state index contributed by atoms with van der Waals surface area (Å²) in [4.78, 5) is 43.1. The molecule has 3 aromatic carbocycles. The summed E-state index contributed by atoms with van der Waals surface area (Å²) in [6.45, 7) is 1.64. The van der Waals surface area contributed by atoms with E-state index in [1.54, 1.807) is 79.7 Å². The van der Waals surface area contributed by atoms with Gasteiger partial charge in [-0.05, 0) is 43.3 Å². The van der Waals surface area contributed by atoms with Gasteiger partial charge in [-0.2, -0.15) is 0 Å². The maximum absolute atomic E-state index is 13.4. The van der Waals surface area contributed by atoms with Gasteiger partial charge in [0, 0.05) is 5.69 Å². The number of rotatable bonds is 6. The van der Waals surface area contributed by atoms with Crippen molar-refractivity contribution in [3.05, 3.63) is 89.2 Å². The van der Waals surface area contributed by atoms with Crippen molar-refractivity contribution in [2.75, 3.05) is 12.4 Å². The molecule has 4 aromatic rings. The van der Waals surface area contributed by atoms with Gasteiger partial charge in [0.25, 0.3) is 5.56 Å². The van der Waals surface area contributed by atoms with Crippen LogP contribution in [0.4, 0.5) is 10.5 Å². The number of aromatic nitrogens is 2. The van der Waals surface area contributed by atoms with Gasteiger partial charge in [-0.15, -0.1) is 0 Å². The maximum atomic E-state index is 13.4. The van der Waals surface area contributed by atoms with E-state index in [0.717, 1.165) is 11.8 Å². The van der Waals surface area contributed by atoms with Gasteiger partial charge in [-0.1, -0.05) is 54.2 Å². The summed E-state index contributed by atoms with van der Waals surface area (Å²) < 4.78 is 6.88. The standard InChI is InChI=1S/C25H22N4O4S/c1-16(22(30)28-24(32)26-17-10-4-3-5-11-17)34-25-27-19-13-7-6-12-18(19)23(31)29(25)20-14-8-9-15-21(20)33-2/h3-16H,1-2H3,(H2,26,28,30,32). The van der Waals surface area contributed by atoms with E-state index in [0.29, 0.717) is 33.2 Å². The highest BCUT2D eigenvalue weighted by molar-refractivity contribution is 8.00. The molecular weight excluding hydrogens is 452 g/mol. The molecule has 0 aliphatic carbocycles. The SMILES string of the molecule is COc1ccccc1-n1c(SC(C)C(=O)NC(=O)Nc2ccccc2)nc2ccccc2c1=O. The number of thioether (sulfide) groups is 1. The van der Waals surface area contributed by atoms with Gasteiger partial charge in [-0.25, -0.2) is 9.78 Å². The third-order valence-electron chi connectivity index (χ3n) is 4.99. The van der Waals surface area contributed by atoms with Crippen molar-refractivity contribution in [2.24, 2.45) is 0 Å². The fourth-order valence-electron chi connectivity index (χ4n) is 3.33. The second kappa shape index (κ2) is 10.2. The summed E-state index contributed by atoms with van der Waals surface area (Å²) in [6, 6.07) is 22.3. The zero-order chi connectivity index (χ0) is 24.1. The van der Waals surface area contributed by atoms with E-state index in [-0.39, 0.29) is 5.56 Å². The van der Waals surface area contributed by atoms with E-state index < -0.39 is 17.2 Å². The number of para-hydroxylation sites is 4. The molecule has 4 rings (SSSR count). The van der Waals surface area contributed by atoms with Crippen molar-refractivity contribution in [1.82, 2.24) is 14.9 Å². The summed E-state index contributed by atoms with van der Waals surface area (Å²) in [5, 5.41) is 4.96. The highest BCUT2D eigenvalue weighted by Crippen LogP contribution is 2.29. The number of urea groups is 1. The fraction of sp³-hybridized carbons (Fsp3) is 0.120. The van der Waals surface area contributed by atoms with Crippen molar-refractivity contribution in [3.63, 3.8) is 0 Å². The Balaban J connectivity index is 1.65. The first-order valence-electron chi connectivity index (χ1n) is 10.5. The van der Waals surface area contributed by atoms with Crippen LogP contribution in [-0.2, 0) is 4.79 Å². The van der Waals surface area contributed by atoms with Crippen LogP contribution in [0.1, 0.15) is 6.92 Å². The molecule has 0 aliphatic rings. The molecule has 0 spiro atoms. The van der Waals surface area contributed by atoms with Crippen LogP contribution in [0, 0.1) is 0 Å². The Bertz CT molecular complexity index is 1410. The van der Waals surface area contributed by atoms with Crippen molar-refractivity contribution >= 4 is 40.3 Å². The Morgan fingerprint density at radius 1 is 0.971 bits per heavy atom. The molecule has 34 heavy (non-hydrogen) atoms. The highest BCUT2D eigenvalue weighted by Gasteiger charge is 2.23. The summed E-state index contributed by atoms with van der Waals surface area (Å²) in [5.41, 5.74) is 1.29. The van der Waals surface area contributed by atoms with Crippen LogP contribution in [0.2, 0.25) is 0 Å². The van der Waals surface area contributed by atoms with E-state index in [4.69, 9.17) is 4.74 Å². The maximum Gasteiger partial charge on any atom is 0.325 e. The zero-order valence-corrected chi connectivity index (χ0v) is 19.3. The predicted octanol–water partition coefficient (Wildman–Crippen LogP) is 4.22. The van der Waals surface area contributed by atoms with E-state index in [2.05, 4.69) is 15.6 Å². The minimum absolute atomic E-state index is 0.285. The van der Waals surface area contributed by atoms with Gasteiger partial charge in [0.2, 0.25) is 5.91 Å². The number of nitrogens with one attached hydrogen (secondary N) is 2. The number of hydrogen-bond acceptors (Lipinski definition) is 6. The van der Waals surface area contributed by atoms with Gasteiger partial charge in [0.15, 0.2) is 5.16 Å². The molecule has 0 radical (unpaired) electrons. The zero-order valence-electron chi connectivity index (χ0n) is 18.5. The molecular formula is C25H22N4O4S. The normalized spacial score (nSPS) is 11.6. The number of methoxy groups -OCH3 is 1. The van der Waals surface area contributed by atoms with E-state index >= 15 is 0 Å². The minimum Gasteiger partial charge on any atom is -0.495 e. The molecule has 2 N–H and O–H groups in total. The van der Waals surface area contributed by atoms with Crippen LogP contribution in [0.5, 0.6) is 5.75 Å². The smallest absolute Gasteiger partial charge is 0.325 e. The van der Waals surface area contributed by atoms with Crippen molar-refractivity contribution in [2.45, 2.75) is 17.3 Å². The highest BCUT2D eigenvalue weighted by atomic mass is 32.2. The molecule has 0 bridgehead atoms. The number of fused-ring (bicyclic) bond motifs is 1. The van der Waals surface area contributed by atoms with Crippen LogP contribution in [-0.4, -0.2) is 33.8 Å². The number of imide groups is 1. The average molecular weight is 475 g/mol. The average Bonchev–Trinajstić information content (AvgIpc) is 2.85. The Kier molecular flexibility index (Phi) is 6.93. The van der Waals surface area contributed by atoms with Gasteiger partial charge in [-0.3, -0.25) is 19.5 Å². The van der Waals surface area contributed by atoms with E-state index in [1.165, 1.54) is 11.7 Å². The Morgan fingerprint density at radius 3 is 2.41 bits per heavy atom. The first-order chi connectivity index (χ1) is 16.5. The second-order valence-corrected chi connectivity index (χ2v) is 8.60. The molecule has 172 valence electrons. The Hall–Kier alpha value is -4.11. The summed E-state index contributed by atoms with van der Waals surface area (Å²) in [7, 11) is 1.52. The van der Waals surface area contributed by atoms with E-state index in [9.17, 15) is 14.4 Å². The predicted molar refractivity (Wildman–Crippen MR) is 133 cm³/mol. The van der Waals surface area contributed by atoms with Gasteiger partial charge in [0.05, 0.1) is 29.0 Å². The molecule has 1 heterocycles. The lowest BCUT2D eigenvalue weighted by Gasteiger charge is -2.18. The van der Waals surface area contributed by atoms with Crippen LogP contribution < -0.4 is 20.9 Å². The lowest BCUT2D eigenvalue weighted by atomic mass is 10.2. The largest absolute Gasteiger partial charge is 0.495 e. The lowest BCUT2D eigenvalue weighted by molar-refractivity contribution is -0.119. The van der Waals surface area contributed by atoms with Gasteiger partial charge < -0.3 is 10.1 Å². The molecule has 0 saturated carbocycles. The van der Waals surface area contributed by atoms with Gasteiger partial charge >= 0.3 is 6.03 Å². The van der Waals surface area contributed by atoms with Crippen molar-refractivity contribution in [1.29, 1.82) is 0 Å². The summed E-state index contributed by atoms with van der Waals surface area (Å²) >= 11 is 1.07. The molecule has 1 unspecified atom stereocenters. The number of ether oxygens (including phenoxy) is 1. The number of hydrogen-bond donors (Lipinski definition) is 2.